The maximum Gasteiger partial charge on any atom is 0.350 e. The molecule has 4 nitrogen and oxygen atoms in total. The Balaban J connectivity index is 1.95. The lowest BCUT2D eigenvalue weighted by atomic mass is 10.0. The zero-order chi connectivity index (χ0) is 15.1. The molecule has 1 saturated carbocycles. The van der Waals surface area contributed by atoms with Gasteiger partial charge in [-0.2, -0.15) is 0 Å². The number of ether oxygens (including phenoxy) is 1. The third-order valence-corrected chi connectivity index (χ3v) is 5.95. The monoisotopic (exact) mass is 308 g/mol. The second kappa shape index (κ2) is 5.52. The van der Waals surface area contributed by atoms with Crippen molar-refractivity contribution in [2.75, 3.05) is 30.3 Å². The molecular formula is C16H24N2O2S. The van der Waals surface area contributed by atoms with Crippen LogP contribution in [0.3, 0.4) is 0 Å². The van der Waals surface area contributed by atoms with E-state index in [1.807, 2.05) is 6.92 Å². The van der Waals surface area contributed by atoms with Crippen molar-refractivity contribution in [2.24, 2.45) is 11.8 Å². The Morgan fingerprint density at radius 3 is 2.48 bits per heavy atom. The summed E-state index contributed by atoms with van der Waals surface area (Å²) < 4.78 is 5.16. The van der Waals surface area contributed by atoms with Crippen molar-refractivity contribution < 1.29 is 9.53 Å². The van der Waals surface area contributed by atoms with E-state index >= 15 is 0 Å². The van der Waals surface area contributed by atoms with E-state index in [0.29, 0.717) is 34.9 Å². The van der Waals surface area contributed by atoms with Gasteiger partial charge in [0.15, 0.2) is 0 Å². The number of esters is 1. The number of anilines is 2. The average Bonchev–Trinajstić information content (AvgIpc) is 3.13. The van der Waals surface area contributed by atoms with E-state index in [-0.39, 0.29) is 5.97 Å². The molecule has 1 aliphatic heterocycles. The molecule has 1 aliphatic carbocycles. The molecule has 21 heavy (non-hydrogen) atoms. The normalized spacial score (nSPS) is 25.4. The van der Waals surface area contributed by atoms with Gasteiger partial charge in [-0.3, -0.25) is 0 Å². The quantitative estimate of drug-likeness (QED) is 0.865. The first kappa shape index (κ1) is 14.7. The van der Waals surface area contributed by atoms with E-state index in [9.17, 15) is 4.79 Å². The van der Waals surface area contributed by atoms with E-state index in [1.165, 1.54) is 34.7 Å². The first-order valence-electron chi connectivity index (χ1n) is 7.87. The molecule has 0 spiro atoms. The van der Waals surface area contributed by atoms with Crippen LogP contribution >= 0.6 is 11.3 Å². The van der Waals surface area contributed by atoms with Crippen molar-refractivity contribution in [3.8, 4) is 0 Å². The van der Waals surface area contributed by atoms with E-state index in [4.69, 9.17) is 10.5 Å². The van der Waals surface area contributed by atoms with Gasteiger partial charge in [0, 0.05) is 18.7 Å². The predicted molar refractivity (Wildman–Crippen MR) is 87.2 cm³/mol. The number of rotatable bonds is 4. The second-order valence-electron chi connectivity index (χ2n) is 6.42. The predicted octanol–water partition coefficient (Wildman–Crippen LogP) is 3.48. The molecule has 2 N–H and O–H groups in total. The van der Waals surface area contributed by atoms with Crippen molar-refractivity contribution in [3.63, 3.8) is 0 Å². The standard InChI is InChI=1S/C16H24N2O2S/c1-4-20-16(19)14-13(17)12(11-5-6-11)15(21-14)18-7-9(2)10(3)8-18/h9-11H,4-8,17H2,1-3H3. The van der Waals surface area contributed by atoms with Gasteiger partial charge in [-0.1, -0.05) is 13.8 Å². The Morgan fingerprint density at radius 2 is 1.95 bits per heavy atom. The van der Waals surface area contributed by atoms with Gasteiger partial charge < -0.3 is 15.4 Å². The number of nitrogens with two attached hydrogens (primary N) is 1. The van der Waals surface area contributed by atoms with Crippen LogP contribution < -0.4 is 10.6 Å². The second-order valence-corrected chi connectivity index (χ2v) is 7.42. The molecule has 1 aromatic rings. The van der Waals surface area contributed by atoms with Crippen molar-refractivity contribution in [1.29, 1.82) is 0 Å². The maximum atomic E-state index is 12.1. The highest BCUT2D eigenvalue weighted by atomic mass is 32.1. The third-order valence-electron chi connectivity index (χ3n) is 4.69. The van der Waals surface area contributed by atoms with Crippen LogP contribution in [0.2, 0.25) is 0 Å². The molecule has 1 saturated heterocycles. The fourth-order valence-corrected chi connectivity index (χ4v) is 4.31. The van der Waals surface area contributed by atoms with Crippen LogP contribution in [0.1, 0.15) is 54.8 Å². The summed E-state index contributed by atoms with van der Waals surface area (Å²) in [5.41, 5.74) is 8.18. The summed E-state index contributed by atoms with van der Waals surface area (Å²) in [4.78, 5) is 15.1. The molecular weight excluding hydrogens is 284 g/mol. The number of hydrogen-bond donors (Lipinski definition) is 1. The minimum Gasteiger partial charge on any atom is -0.462 e. The lowest BCUT2D eigenvalue weighted by Gasteiger charge is -2.18. The fourth-order valence-electron chi connectivity index (χ4n) is 3.09. The van der Waals surface area contributed by atoms with Gasteiger partial charge >= 0.3 is 5.97 Å². The summed E-state index contributed by atoms with van der Waals surface area (Å²) >= 11 is 1.53. The molecule has 0 radical (unpaired) electrons. The van der Waals surface area contributed by atoms with Crippen molar-refractivity contribution >= 4 is 28.0 Å². The molecule has 2 fully saturated rings. The van der Waals surface area contributed by atoms with Crippen LogP contribution in [-0.2, 0) is 4.74 Å². The molecule has 0 bridgehead atoms. The van der Waals surface area contributed by atoms with Crippen LogP contribution in [0.25, 0.3) is 0 Å². The van der Waals surface area contributed by atoms with Gasteiger partial charge in [-0.25, -0.2) is 4.79 Å². The minimum atomic E-state index is -0.270. The van der Waals surface area contributed by atoms with Gasteiger partial charge in [0.05, 0.1) is 17.3 Å². The van der Waals surface area contributed by atoms with Gasteiger partial charge in [-0.15, -0.1) is 11.3 Å². The van der Waals surface area contributed by atoms with Gasteiger partial charge in [0.2, 0.25) is 0 Å². The number of carbonyl (C=O) groups excluding carboxylic acids is 1. The van der Waals surface area contributed by atoms with Crippen LogP contribution in [0.5, 0.6) is 0 Å². The molecule has 2 heterocycles. The van der Waals surface area contributed by atoms with Crippen LogP contribution in [0, 0.1) is 11.8 Å². The number of thiophene rings is 1. The molecule has 2 atom stereocenters. The number of nitrogens with zero attached hydrogens (tertiary/aromatic N) is 1. The summed E-state index contributed by atoms with van der Waals surface area (Å²) in [5, 5.41) is 1.22. The molecule has 3 rings (SSSR count). The van der Waals surface area contributed by atoms with Crippen molar-refractivity contribution in [1.82, 2.24) is 0 Å². The Morgan fingerprint density at radius 1 is 1.33 bits per heavy atom. The Kier molecular flexibility index (Phi) is 3.86. The van der Waals surface area contributed by atoms with Crippen LogP contribution in [-0.4, -0.2) is 25.7 Å². The molecule has 5 heteroatoms. The van der Waals surface area contributed by atoms with E-state index in [0.717, 1.165) is 13.1 Å². The molecule has 0 amide bonds. The zero-order valence-electron chi connectivity index (χ0n) is 13.0. The molecule has 1 aromatic heterocycles. The van der Waals surface area contributed by atoms with Crippen molar-refractivity contribution in [2.45, 2.75) is 39.5 Å². The Labute approximate surface area is 130 Å². The molecule has 2 unspecified atom stereocenters. The summed E-state index contributed by atoms with van der Waals surface area (Å²) in [6.07, 6.45) is 2.38. The number of hydrogen-bond acceptors (Lipinski definition) is 5. The molecule has 0 aromatic carbocycles. The third kappa shape index (κ3) is 2.63. The Hall–Kier alpha value is -1.23. The summed E-state index contributed by atoms with van der Waals surface area (Å²) in [6.45, 7) is 8.93. The minimum absolute atomic E-state index is 0.270. The average molecular weight is 308 g/mol. The van der Waals surface area contributed by atoms with Crippen molar-refractivity contribution in [3.05, 3.63) is 10.4 Å². The lowest BCUT2D eigenvalue weighted by molar-refractivity contribution is 0.0533. The van der Waals surface area contributed by atoms with Crippen LogP contribution in [0.15, 0.2) is 0 Å². The lowest BCUT2D eigenvalue weighted by Crippen LogP contribution is -2.19. The smallest absolute Gasteiger partial charge is 0.350 e. The SMILES string of the molecule is CCOC(=O)c1sc(N2CC(C)C(C)C2)c(C2CC2)c1N. The summed E-state index contributed by atoms with van der Waals surface area (Å²) in [6, 6.07) is 0. The van der Waals surface area contributed by atoms with Gasteiger partial charge in [0.1, 0.15) is 4.88 Å². The topological polar surface area (TPSA) is 55.6 Å². The van der Waals surface area contributed by atoms with Gasteiger partial charge in [0.25, 0.3) is 0 Å². The van der Waals surface area contributed by atoms with E-state index in [1.54, 1.807) is 0 Å². The fraction of sp³-hybridized carbons (Fsp3) is 0.688. The first-order valence-corrected chi connectivity index (χ1v) is 8.68. The number of nitrogen functional groups attached to an aromatic ring is 1. The molecule has 116 valence electrons. The van der Waals surface area contributed by atoms with Crippen LogP contribution in [0.4, 0.5) is 10.7 Å². The highest BCUT2D eigenvalue weighted by Gasteiger charge is 2.37. The first-order chi connectivity index (χ1) is 10.0. The van der Waals surface area contributed by atoms with E-state index < -0.39 is 0 Å². The zero-order valence-corrected chi connectivity index (χ0v) is 13.8. The summed E-state index contributed by atoms with van der Waals surface area (Å²) in [7, 11) is 0. The largest absolute Gasteiger partial charge is 0.462 e. The highest BCUT2D eigenvalue weighted by molar-refractivity contribution is 7.18. The maximum absolute atomic E-state index is 12.1. The van der Waals surface area contributed by atoms with Gasteiger partial charge in [-0.05, 0) is 37.5 Å². The molecule has 2 aliphatic rings. The van der Waals surface area contributed by atoms with E-state index in [2.05, 4.69) is 18.7 Å². The number of carbonyl (C=O) groups is 1. The highest BCUT2D eigenvalue weighted by Crippen LogP contribution is 2.53. The Bertz CT molecular complexity index is 541. The summed E-state index contributed by atoms with van der Waals surface area (Å²) in [5.74, 6) is 1.65.